The van der Waals surface area contributed by atoms with Gasteiger partial charge in [-0.1, -0.05) is 6.92 Å². The molecule has 1 N–H and O–H groups in total. The molecule has 0 spiro atoms. The zero-order valence-corrected chi connectivity index (χ0v) is 12.9. The van der Waals surface area contributed by atoms with Crippen molar-refractivity contribution in [1.82, 2.24) is 9.97 Å². The third-order valence-corrected chi connectivity index (χ3v) is 2.89. The van der Waals surface area contributed by atoms with Crippen LogP contribution in [0.1, 0.15) is 19.8 Å². The smallest absolute Gasteiger partial charge is 0.204 e. The highest BCUT2D eigenvalue weighted by Gasteiger charge is 2.17. The summed E-state index contributed by atoms with van der Waals surface area (Å²) in [6, 6.07) is 2.15. The van der Waals surface area contributed by atoms with E-state index < -0.39 is 0 Å². The fourth-order valence-electron chi connectivity index (χ4n) is 1.86. The Morgan fingerprint density at radius 1 is 1.33 bits per heavy atom. The Bertz CT molecular complexity index is 461. The molecule has 21 heavy (non-hydrogen) atoms. The summed E-state index contributed by atoms with van der Waals surface area (Å²) in [6.45, 7) is 4.65. The SMILES string of the molecule is CCCNc1ncnc(N(CCC#N)CCOC)c1OC. The number of hydrogen-bond donors (Lipinski definition) is 1. The molecule has 1 rings (SSSR count). The van der Waals surface area contributed by atoms with Crippen LogP contribution in [-0.2, 0) is 4.74 Å². The molecular formula is C14H23N5O2. The molecule has 0 aliphatic carbocycles. The van der Waals surface area contributed by atoms with Crippen LogP contribution < -0.4 is 15.0 Å². The minimum absolute atomic E-state index is 0.411. The lowest BCUT2D eigenvalue weighted by Crippen LogP contribution is -2.29. The lowest BCUT2D eigenvalue weighted by molar-refractivity contribution is 0.205. The first-order valence-electron chi connectivity index (χ1n) is 7.02. The monoisotopic (exact) mass is 293 g/mol. The maximum atomic E-state index is 8.80. The van der Waals surface area contributed by atoms with Gasteiger partial charge in [0.25, 0.3) is 0 Å². The highest BCUT2D eigenvalue weighted by Crippen LogP contribution is 2.31. The number of nitrogens with one attached hydrogen (secondary N) is 1. The van der Waals surface area contributed by atoms with Gasteiger partial charge in [0.1, 0.15) is 6.33 Å². The minimum Gasteiger partial charge on any atom is -0.490 e. The van der Waals surface area contributed by atoms with Gasteiger partial charge >= 0.3 is 0 Å². The van der Waals surface area contributed by atoms with Crippen LogP contribution in [0, 0.1) is 11.3 Å². The largest absolute Gasteiger partial charge is 0.490 e. The summed E-state index contributed by atoms with van der Waals surface area (Å²) in [4.78, 5) is 10.5. The van der Waals surface area contributed by atoms with Gasteiger partial charge in [-0.05, 0) is 6.42 Å². The Morgan fingerprint density at radius 2 is 2.14 bits per heavy atom. The van der Waals surface area contributed by atoms with E-state index in [1.54, 1.807) is 14.2 Å². The van der Waals surface area contributed by atoms with E-state index in [0.29, 0.717) is 43.5 Å². The summed E-state index contributed by atoms with van der Waals surface area (Å²) in [5, 5.41) is 12.0. The maximum absolute atomic E-state index is 8.80. The van der Waals surface area contributed by atoms with Crippen LogP contribution in [0.15, 0.2) is 6.33 Å². The molecule has 0 aromatic carbocycles. The van der Waals surface area contributed by atoms with Gasteiger partial charge in [-0.15, -0.1) is 0 Å². The second kappa shape index (κ2) is 9.77. The number of methoxy groups -OCH3 is 2. The van der Waals surface area contributed by atoms with E-state index in [4.69, 9.17) is 14.7 Å². The van der Waals surface area contributed by atoms with Crippen molar-refractivity contribution in [2.75, 3.05) is 50.7 Å². The number of ether oxygens (including phenoxy) is 2. The minimum atomic E-state index is 0.411. The molecule has 7 nitrogen and oxygen atoms in total. The quantitative estimate of drug-likeness (QED) is 0.702. The van der Waals surface area contributed by atoms with Crippen LogP contribution in [0.4, 0.5) is 11.6 Å². The van der Waals surface area contributed by atoms with Crippen molar-refractivity contribution in [1.29, 1.82) is 5.26 Å². The van der Waals surface area contributed by atoms with Gasteiger partial charge in [-0.3, -0.25) is 0 Å². The van der Waals surface area contributed by atoms with E-state index in [-0.39, 0.29) is 0 Å². The van der Waals surface area contributed by atoms with E-state index in [0.717, 1.165) is 13.0 Å². The molecule has 1 heterocycles. The van der Waals surface area contributed by atoms with E-state index in [9.17, 15) is 0 Å². The van der Waals surface area contributed by atoms with Gasteiger partial charge in [0.2, 0.25) is 5.75 Å². The fourth-order valence-corrected chi connectivity index (χ4v) is 1.86. The average molecular weight is 293 g/mol. The van der Waals surface area contributed by atoms with E-state index >= 15 is 0 Å². The first-order chi connectivity index (χ1) is 10.3. The predicted octanol–water partition coefficient (Wildman–Crippen LogP) is 1.67. The molecule has 1 aromatic rings. The summed E-state index contributed by atoms with van der Waals surface area (Å²) in [5.74, 6) is 1.95. The van der Waals surface area contributed by atoms with Crippen molar-refractivity contribution in [3.63, 3.8) is 0 Å². The van der Waals surface area contributed by atoms with Crippen LogP contribution in [0.2, 0.25) is 0 Å². The van der Waals surface area contributed by atoms with Gasteiger partial charge in [0.15, 0.2) is 11.6 Å². The number of anilines is 2. The Kier molecular flexibility index (Phi) is 7.90. The molecule has 0 fully saturated rings. The fraction of sp³-hybridized carbons (Fsp3) is 0.643. The molecule has 0 bridgehead atoms. The molecule has 7 heteroatoms. The Hall–Kier alpha value is -2.07. The zero-order valence-electron chi connectivity index (χ0n) is 12.9. The lowest BCUT2D eigenvalue weighted by Gasteiger charge is -2.24. The number of rotatable bonds is 10. The molecule has 0 amide bonds. The third-order valence-electron chi connectivity index (χ3n) is 2.89. The standard InChI is InChI=1S/C14H23N5O2/c1-4-7-16-13-12(21-3)14(18-11-17-13)19(8-5-6-15)9-10-20-2/h11H,4-5,7-10H2,1-3H3,(H,16,17,18). The van der Waals surface area contributed by atoms with Crippen molar-refractivity contribution in [2.24, 2.45) is 0 Å². The van der Waals surface area contributed by atoms with Crippen molar-refractivity contribution in [3.8, 4) is 11.8 Å². The topological polar surface area (TPSA) is 83.3 Å². The van der Waals surface area contributed by atoms with Crippen molar-refractivity contribution < 1.29 is 9.47 Å². The normalized spacial score (nSPS) is 10.0. The summed E-state index contributed by atoms with van der Waals surface area (Å²) in [7, 11) is 3.24. The summed E-state index contributed by atoms with van der Waals surface area (Å²) >= 11 is 0. The van der Waals surface area contributed by atoms with Gasteiger partial charge in [-0.25, -0.2) is 9.97 Å². The second-order valence-electron chi connectivity index (χ2n) is 4.39. The van der Waals surface area contributed by atoms with E-state index in [1.165, 1.54) is 6.33 Å². The van der Waals surface area contributed by atoms with Crippen LogP contribution in [-0.4, -0.2) is 50.4 Å². The van der Waals surface area contributed by atoms with Gasteiger partial charge in [0.05, 0.1) is 26.2 Å². The molecule has 0 saturated heterocycles. The highest BCUT2D eigenvalue weighted by molar-refractivity contribution is 5.64. The first-order valence-corrected chi connectivity index (χ1v) is 7.02. The summed E-state index contributed by atoms with van der Waals surface area (Å²) < 4.78 is 10.6. The first kappa shape index (κ1) is 17.0. The van der Waals surface area contributed by atoms with E-state index in [2.05, 4.69) is 28.3 Å². The van der Waals surface area contributed by atoms with Crippen LogP contribution in [0.25, 0.3) is 0 Å². The van der Waals surface area contributed by atoms with Crippen LogP contribution in [0.3, 0.4) is 0 Å². The van der Waals surface area contributed by atoms with Gasteiger partial charge in [0, 0.05) is 26.7 Å². The van der Waals surface area contributed by atoms with Gasteiger partial charge in [-0.2, -0.15) is 5.26 Å². The van der Waals surface area contributed by atoms with Crippen LogP contribution >= 0.6 is 0 Å². The molecule has 0 aliphatic rings. The second-order valence-corrected chi connectivity index (χ2v) is 4.39. The molecule has 0 radical (unpaired) electrons. The zero-order chi connectivity index (χ0) is 15.5. The summed E-state index contributed by atoms with van der Waals surface area (Å²) in [5.41, 5.74) is 0. The predicted molar refractivity (Wildman–Crippen MR) is 81.7 cm³/mol. The number of nitrogens with zero attached hydrogens (tertiary/aromatic N) is 4. The number of nitriles is 1. The lowest BCUT2D eigenvalue weighted by atomic mass is 10.3. The van der Waals surface area contributed by atoms with E-state index in [1.807, 2.05) is 4.90 Å². The Morgan fingerprint density at radius 3 is 2.76 bits per heavy atom. The average Bonchev–Trinajstić information content (AvgIpc) is 2.52. The molecule has 0 atom stereocenters. The maximum Gasteiger partial charge on any atom is 0.204 e. The van der Waals surface area contributed by atoms with Crippen LogP contribution in [0.5, 0.6) is 5.75 Å². The number of hydrogen-bond acceptors (Lipinski definition) is 7. The van der Waals surface area contributed by atoms with Crippen molar-refractivity contribution in [3.05, 3.63) is 6.33 Å². The van der Waals surface area contributed by atoms with Gasteiger partial charge < -0.3 is 19.7 Å². The Labute approximate surface area is 125 Å². The Balaban J connectivity index is 3.01. The molecule has 0 saturated carbocycles. The van der Waals surface area contributed by atoms with Crippen molar-refractivity contribution in [2.45, 2.75) is 19.8 Å². The highest BCUT2D eigenvalue weighted by atomic mass is 16.5. The molecular weight excluding hydrogens is 270 g/mol. The molecule has 0 aliphatic heterocycles. The third kappa shape index (κ3) is 5.08. The molecule has 1 aromatic heterocycles. The van der Waals surface area contributed by atoms with Crippen molar-refractivity contribution >= 4 is 11.6 Å². The number of aromatic nitrogens is 2. The molecule has 116 valence electrons. The molecule has 0 unspecified atom stereocenters. The summed E-state index contributed by atoms with van der Waals surface area (Å²) in [6.07, 6.45) is 2.90.